The van der Waals surface area contributed by atoms with Gasteiger partial charge in [0.05, 0.1) is 5.56 Å². The van der Waals surface area contributed by atoms with Crippen molar-refractivity contribution in [3.05, 3.63) is 58.9 Å². The van der Waals surface area contributed by atoms with Gasteiger partial charge in [-0.25, -0.2) is 4.39 Å². The second-order valence-corrected chi connectivity index (χ2v) is 4.52. The van der Waals surface area contributed by atoms with Crippen LogP contribution in [0.3, 0.4) is 0 Å². The number of oxime groups is 1. The number of aryl methyl sites for hydroxylation is 2. The summed E-state index contributed by atoms with van der Waals surface area (Å²) in [5.41, 5.74) is 7.82. The highest BCUT2D eigenvalue weighted by molar-refractivity contribution is 5.99. The first-order valence-electron chi connectivity index (χ1n) is 6.04. The maximum Gasteiger partial charge on any atom is 0.173 e. The fraction of sp³-hybridized carbons (Fsp3) is 0.133. The molecule has 5 heteroatoms. The van der Waals surface area contributed by atoms with Crippen molar-refractivity contribution >= 4 is 5.84 Å². The van der Waals surface area contributed by atoms with Crippen LogP contribution in [-0.2, 0) is 0 Å². The summed E-state index contributed by atoms with van der Waals surface area (Å²) in [5, 5.41) is 11.8. The predicted octanol–water partition coefficient (Wildman–Crippen LogP) is 3.33. The minimum atomic E-state index is -0.471. The van der Waals surface area contributed by atoms with Crippen molar-refractivity contribution < 1.29 is 14.3 Å². The van der Waals surface area contributed by atoms with Crippen molar-refractivity contribution in [2.24, 2.45) is 10.9 Å². The standard InChI is InChI=1S/C15H15FN2O2/c1-9-4-6-13(11(7-9)15(17)18-19)20-14-8-10(2)3-5-12(14)16/h3-8,19H,1-2H3,(H2,17,18). The molecule has 0 atom stereocenters. The lowest BCUT2D eigenvalue weighted by molar-refractivity contribution is 0.318. The van der Waals surface area contributed by atoms with Crippen LogP contribution < -0.4 is 10.5 Å². The summed E-state index contributed by atoms with van der Waals surface area (Å²) in [6, 6.07) is 9.74. The van der Waals surface area contributed by atoms with E-state index >= 15 is 0 Å². The molecular formula is C15H15FN2O2. The van der Waals surface area contributed by atoms with E-state index in [9.17, 15) is 4.39 Å². The summed E-state index contributed by atoms with van der Waals surface area (Å²) >= 11 is 0. The zero-order chi connectivity index (χ0) is 14.7. The fourth-order valence-electron chi connectivity index (χ4n) is 1.79. The molecule has 3 N–H and O–H groups in total. The van der Waals surface area contributed by atoms with Crippen LogP contribution in [0.25, 0.3) is 0 Å². The molecule has 0 aliphatic heterocycles. The van der Waals surface area contributed by atoms with Crippen molar-refractivity contribution in [1.29, 1.82) is 0 Å². The van der Waals surface area contributed by atoms with Crippen LogP contribution >= 0.6 is 0 Å². The highest BCUT2D eigenvalue weighted by atomic mass is 19.1. The van der Waals surface area contributed by atoms with Crippen LogP contribution in [0, 0.1) is 19.7 Å². The SMILES string of the molecule is Cc1ccc(F)c(Oc2ccc(C)cc2/C(N)=N/O)c1. The van der Waals surface area contributed by atoms with Gasteiger partial charge in [0.15, 0.2) is 17.4 Å². The van der Waals surface area contributed by atoms with Gasteiger partial charge in [-0.3, -0.25) is 0 Å². The third-order valence-electron chi connectivity index (χ3n) is 2.83. The lowest BCUT2D eigenvalue weighted by Gasteiger charge is -2.12. The van der Waals surface area contributed by atoms with E-state index in [1.165, 1.54) is 6.07 Å². The molecule has 0 aliphatic rings. The Balaban J connectivity index is 2.46. The first kappa shape index (κ1) is 13.9. The predicted molar refractivity (Wildman–Crippen MR) is 74.9 cm³/mol. The Hall–Kier alpha value is -2.56. The number of benzene rings is 2. The molecule has 0 aromatic heterocycles. The van der Waals surface area contributed by atoms with Crippen molar-refractivity contribution in [2.75, 3.05) is 0 Å². The molecule has 104 valence electrons. The Morgan fingerprint density at radius 1 is 1.10 bits per heavy atom. The number of halogens is 1. The summed E-state index contributed by atoms with van der Waals surface area (Å²) in [4.78, 5) is 0. The Labute approximate surface area is 116 Å². The van der Waals surface area contributed by atoms with Crippen molar-refractivity contribution in [1.82, 2.24) is 0 Å². The van der Waals surface area contributed by atoms with Crippen LogP contribution in [0.5, 0.6) is 11.5 Å². The zero-order valence-corrected chi connectivity index (χ0v) is 11.2. The van der Waals surface area contributed by atoms with E-state index in [0.717, 1.165) is 11.1 Å². The van der Waals surface area contributed by atoms with Gasteiger partial charge >= 0.3 is 0 Å². The first-order valence-corrected chi connectivity index (χ1v) is 6.04. The monoisotopic (exact) mass is 274 g/mol. The minimum absolute atomic E-state index is 0.0863. The van der Waals surface area contributed by atoms with E-state index in [4.69, 9.17) is 15.7 Å². The fourth-order valence-corrected chi connectivity index (χ4v) is 1.79. The lowest BCUT2D eigenvalue weighted by Crippen LogP contribution is -2.14. The van der Waals surface area contributed by atoms with Gasteiger partial charge in [-0.2, -0.15) is 0 Å². The van der Waals surface area contributed by atoms with E-state index in [0.29, 0.717) is 11.3 Å². The summed E-state index contributed by atoms with van der Waals surface area (Å²) in [6.07, 6.45) is 0. The van der Waals surface area contributed by atoms with Gasteiger partial charge < -0.3 is 15.7 Å². The van der Waals surface area contributed by atoms with Gasteiger partial charge in [-0.05, 0) is 43.7 Å². The summed E-state index contributed by atoms with van der Waals surface area (Å²) in [7, 11) is 0. The van der Waals surface area contributed by atoms with Gasteiger partial charge in [0.25, 0.3) is 0 Å². The Bertz CT molecular complexity index is 669. The van der Waals surface area contributed by atoms with Gasteiger partial charge in [-0.1, -0.05) is 22.9 Å². The molecule has 0 fully saturated rings. The molecule has 0 spiro atoms. The number of hydrogen-bond donors (Lipinski definition) is 2. The smallest absolute Gasteiger partial charge is 0.173 e. The molecule has 2 aromatic rings. The Morgan fingerprint density at radius 2 is 1.75 bits per heavy atom. The zero-order valence-electron chi connectivity index (χ0n) is 11.2. The van der Waals surface area contributed by atoms with Crippen LogP contribution in [0.15, 0.2) is 41.6 Å². The normalized spacial score (nSPS) is 11.4. The quantitative estimate of drug-likeness (QED) is 0.390. The molecule has 0 amide bonds. The molecule has 0 heterocycles. The molecule has 20 heavy (non-hydrogen) atoms. The molecule has 0 saturated carbocycles. The average molecular weight is 274 g/mol. The molecule has 4 nitrogen and oxygen atoms in total. The molecular weight excluding hydrogens is 259 g/mol. The van der Waals surface area contributed by atoms with Gasteiger partial charge in [-0.15, -0.1) is 0 Å². The van der Waals surface area contributed by atoms with Gasteiger partial charge in [0.1, 0.15) is 5.75 Å². The van der Waals surface area contributed by atoms with E-state index in [-0.39, 0.29) is 11.6 Å². The van der Waals surface area contributed by atoms with Gasteiger partial charge in [0, 0.05) is 0 Å². The van der Waals surface area contributed by atoms with Crippen LogP contribution in [0.4, 0.5) is 4.39 Å². The number of ether oxygens (including phenoxy) is 1. The van der Waals surface area contributed by atoms with Gasteiger partial charge in [0.2, 0.25) is 0 Å². The largest absolute Gasteiger partial charge is 0.454 e. The van der Waals surface area contributed by atoms with Crippen LogP contribution in [0.1, 0.15) is 16.7 Å². The first-order chi connectivity index (χ1) is 9.51. The van der Waals surface area contributed by atoms with Crippen molar-refractivity contribution in [2.45, 2.75) is 13.8 Å². The molecule has 0 saturated heterocycles. The number of rotatable bonds is 3. The highest BCUT2D eigenvalue weighted by Crippen LogP contribution is 2.28. The van der Waals surface area contributed by atoms with E-state index < -0.39 is 5.82 Å². The second-order valence-electron chi connectivity index (χ2n) is 4.52. The topological polar surface area (TPSA) is 67.8 Å². The molecule has 2 rings (SSSR count). The van der Waals surface area contributed by atoms with E-state index in [1.54, 1.807) is 30.3 Å². The second kappa shape index (κ2) is 5.61. The van der Waals surface area contributed by atoms with Crippen LogP contribution in [0.2, 0.25) is 0 Å². The molecule has 0 radical (unpaired) electrons. The summed E-state index contributed by atoms with van der Waals surface area (Å²) < 4.78 is 19.3. The van der Waals surface area contributed by atoms with E-state index in [1.807, 2.05) is 13.8 Å². The maximum absolute atomic E-state index is 13.7. The molecule has 0 unspecified atom stereocenters. The number of hydrogen-bond acceptors (Lipinski definition) is 3. The average Bonchev–Trinajstić information content (AvgIpc) is 2.43. The molecule has 2 aromatic carbocycles. The highest BCUT2D eigenvalue weighted by Gasteiger charge is 2.12. The van der Waals surface area contributed by atoms with E-state index in [2.05, 4.69) is 5.16 Å². The number of nitrogens with two attached hydrogens (primary N) is 1. The third kappa shape index (κ3) is 2.88. The summed E-state index contributed by atoms with van der Waals surface area (Å²) in [6.45, 7) is 3.71. The maximum atomic E-state index is 13.7. The molecule has 0 bridgehead atoms. The Morgan fingerprint density at radius 3 is 2.45 bits per heavy atom. The Kier molecular flexibility index (Phi) is 3.89. The summed E-state index contributed by atoms with van der Waals surface area (Å²) in [5.74, 6) is -0.130. The lowest BCUT2D eigenvalue weighted by atomic mass is 10.1. The minimum Gasteiger partial charge on any atom is -0.454 e. The molecule has 0 aliphatic carbocycles. The van der Waals surface area contributed by atoms with Crippen molar-refractivity contribution in [3.8, 4) is 11.5 Å². The van der Waals surface area contributed by atoms with Crippen LogP contribution in [-0.4, -0.2) is 11.0 Å². The number of amidine groups is 1. The van der Waals surface area contributed by atoms with Crippen molar-refractivity contribution in [3.63, 3.8) is 0 Å². The third-order valence-corrected chi connectivity index (χ3v) is 2.83. The number of nitrogens with zero attached hydrogens (tertiary/aromatic N) is 1.